The zero-order chi connectivity index (χ0) is 31.0. The number of hydrogen-bond donors (Lipinski definition) is 3. The van der Waals surface area contributed by atoms with Crippen LogP contribution in [0.15, 0.2) is 41.3 Å². The smallest absolute Gasteiger partial charge is 0.420 e. The van der Waals surface area contributed by atoms with Crippen LogP contribution < -0.4 is 9.64 Å². The summed E-state index contributed by atoms with van der Waals surface area (Å²) >= 11 is 0. The van der Waals surface area contributed by atoms with Crippen LogP contribution in [-0.4, -0.2) is 79.4 Å². The molecule has 2 aromatic carbocycles. The number of aliphatic hydroxyl groups is 2. The van der Waals surface area contributed by atoms with Crippen LogP contribution in [0.3, 0.4) is 0 Å². The molecule has 1 heterocycles. The number of aliphatic hydroxyl groups excluding tert-OH is 2. The Morgan fingerprint density at radius 3 is 2.15 bits per heavy atom. The zero-order valence-corrected chi connectivity index (χ0v) is 22.6. The lowest BCUT2D eigenvalue weighted by molar-refractivity contribution is -0.157. The Bertz CT molecular complexity index is 1360. The summed E-state index contributed by atoms with van der Waals surface area (Å²) in [6, 6.07) is 4.17. The summed E-state index contributed by atoms with van der Waals surface area (Å²) in [5.41, 5.74) is -4.38. The summed E-state index contributed by atoms with van der Waals surface area (Å²) in [6.45, 7) is -3.33. The second-order valence-electron chi connectivity index (χ2n) is 9.88. The van der Waals surface area contributed by atoms with Gasteiger partial charge in [-0.05, 0) is 43.7 Å². The number of sulfonamides is 1. The maximum Gasteiger partial charge on any atom is 0.420 e. The van der Waals surface area contributed by atoms with Gasteiger partial charge in [0.05, 0.1) is 24.5 Å². The van der Waals surface area contributed by atoms with E-state index < -0.39 is 93.5 Å². The van der Waals surface area contributed by atoms with E-state index in [-0.39, 0.29) is 18.7 Å². The quantitative estimate of drug-likeness (QED) is 0.345. The van der Waals surface area contributed by atoms with Gasteiger partial charge in [-0.15, -0.1) is 0 Å². The first kappa shape index (κ1) is 32.4. The van der Waals surface area contributed by atoms with E-state index in [1.807, 2.05) is 0 Å². The first-order valence-corrected chi connectivity index (χ1v) is 13.5. The molecule has 0 saturated carbocycles. The minimum Gasteiger partial charge on any atom is -0.492 e. The standard InChI is InChI=1S/C25H28F6N2O7S/c1-23(27,28)8-7-17-11-33(16-5-3-15(26)4-6-16)19-9-18(25(29,30)31)20(10-21(19)41(38,39)32(17)2)40-14-24(12-34,13-35)22(36)37/h3-6,9-10,17,34-35H,7-8,11-14H2,1-2H3,(H,36,37)/t17-/m1/s1. The van der Waals surface area contributed by atoms with Crippen molar-refractivity contribution in [2.45, 2.75) is 42.8 Å². The van der Waals surface area contributed by atoms with Crippen molar-refractivity contribution in [2.75, 3.05) is 38.3 Å². The number of carboxylic acid groups (broad SMARTS) is 1. The fourth-order valence-corrected chi connectivity index (χ4v) is 5.76. The minimum absolute atomic E-state index is 0.0682. The van der Waals surface area contributed by atoms with Crippen molar-refractivity contribution < 1.29 is 59.6 Å². The highest BCUT2D eigenvalue weighted by Crippen LogP contribution is 2.46. The highest BCUT2D eigenvalue weighted by molar-refractivity contribution is 7.89. The number of ether oxygens (including phenoxy) is 1. The second-order valence-corrected chi connectivity index (χ2v) is 11.8. The molecule has 0 radical (unpaired) electrons. The third-order valence-electron chi connectivity index (χ3n) is 6.84. The van der Waals surface area contributed by atoms with E-state index >= 15 is 0 Å². The Kier molecular flexibility index (Phi) is 9.22. The largest absolute Gasteiger partial charge is 0.492 e. The van der Waals surface area contributed by atoms with Gasteiger partial charge in [-0.1, -0.05) is 0 Å². The van der Waals surface area contributed by atoms with Crippen molar-refractivity contribution >= 4 is 27.4 Å². The third-order valence-corrected chi connectivity index (χ3v) is 8.78. The average Bonchev–Trinajstić information content (AvgIpc) is 2.95. The number of rotatable bonds is 10. The van der Waals surface area contributed by atoms with Crippen molar-refractivity contribution in [1.82, 2.24) is 4.31 Å². The molecule has 228 valence electrons. The molecule has 0 fully saturated rings. The van der Waals surface area contributed by atoms with Crippen LogP contribution in [-0.2, 0) is 21.0 Å². The van der Waals surface area contributed by atoms with E-state index in [1.54, 1.807) is 0 Å². The van der Waals surface area contributed by atoms with E-state index in [0.717, 1.165) is 28.4 Å². The van der Waals surface area contributed by atoms with E-state index in [2.05, 4.69) is 0 Å². The first-order valence-electron chi connectivity index (χ1n) is 12.1. The molecule has 3 N–H and O–H groups in total. The molecular formula is C25H28F6N2O7S. The minimum atomic E-state index is -5.17. The lowest BCUT2D eigenvalue weighted by Crippen LogP contribution is -2.44. The fourth-order valence-electron chi connectivity index (χ4n) is 4.20. The highest BCUT2D eigenvalue weighted by Gasteiger charge is 2.44. The Morgan fingerprint density at radius 2 is 1.66 bits per heavy atom. The van der Waals surface area contributed by atoms with Gasteiger partial charge in [-0.3, -0.25) is 4.79 Å². The van der Waals surface area contributed by atoms with Gasteiger partial charge in [-0.25, -0.2) is 21.6 Å². The van der Waals surface area contributed by atoms with Crippen molar-refractivity contribution in [3.05, 3.63) is 47.8 Å². The van der Waals surface area contributed by atoms with E-state index in [9.17, 15) is 54.9 Å². The van der Waals surface area contributed by atoms with Crippen LogP contribution >= 0.6 is 0 Å². The maximum atomic E-state index is 14.2. The van der Waals surface area contributed by atoms with E-state index in [1.165, 1.54) is 12.1 Å². The van der Waals surface area contributed by atoms with Gasteiger partial charge in [0, 0.05) is 37.8 Å². The van der Waals surface area contributed by atoms with Crippen molar-refractivity contribution in [2.24, 2.45) is 5.41 Å². The predicted octanol–water partition coefficient (Wildman–Crippen LogP) is 3.86. The summed E-state index contributed by atoms with van der Waals surface area (Å²) in [7, 11) is -3.60. The molecule has 41 heavy (non-hydrogen) atoms. The molecule has 1 aliphatic heterocycles. The number of carbonyl (C=O) groups is 1. The van der Waals surface area contributed by atoms with Gasteiger partial charge in [0.25, 0.3) is 0 Å². The van der Waals surface area contributed by atoms with Gasteiger partial charge in [-0.2, -0.15) is 17.5 Å². The number of anilines is 2. The topological polar surface area (TPSA) is 128 Å². The Labute approximate surface area is 231 Å². The van der Waals surface area contributed by atoms with Gasteiger partial charge < -0.3 is 25.0 Å². The number of fused-ring (bicyclic) bond motifs is 1. The van der Waals surface area contributed by atoms with Crippen LogP contribution in [0.5, 0.6) is 5.75 Å². The molecule has 0 bridgehead atoms. The summed E-state index contributed by atoms with van der Waals surface area (Å²) < 4.78 is 117. The lowest BCUT2D eigenvalue weighted by Gasteiger charge is -2.30. The summed E-state index contributed by atoms with van der Waals surface area (Å²) in [5.74, 6) is -6.76. The maximum absolute atomic E-state index is 14.2. The van der Waals surface area contributed by atoms with Crippen LogP contribution in [0.1, 0.15) is 25.3 Å². The molecule has 2 aromatic rings. The average molecular weight is 615 g/mol. The predicted molar refractivity (Wildman–Crippen MR) is 133 cm³/mol. The highest BCUT2D eigenvalue weighted by atomic mass is 32.2. The van der Waals surface area contributed by atoms with Crippen molar-refractivity contribution in [3.8, 4) is 5.75 Å². The summed E-state index contributed by atoms with van der Waals surface area (Å²) in [6.07, 6.45) is -6.30. The van der Waals surface area contributed by atoms with Crippen LogP contribution in [0.4, 0.5) is 37.7 Å². The summed E-state index contributed by atoms with van der Waals surface area (Å²) in [4.78, 5) is 12.0. The molecule has 0 aliphatic carbocycles. The molecule has 3 rings (SSSR count). The number of carboxylic acids is 1. The number of benzene rings is 2. The second kappa shape index (κ2) is 11.7. The Hall–Kier alpha value is -3.08. The van der Waals surface area contributed by atoms with Crippen molar-refractivity contribution in [1.29, 1.82) is 0 Å². The fraction of sp³-hybridized carbons (Fsp3) is 0.480. The van der Waals surface area contributed by atoms with Gasteiger partial charge in [0.15, 0.2) is 0 Å². The van der Waals surface area contributed by atoms with Crippen molar-refractivity contribution in [3.63, 3.8) is 0 Å². The van der Waals surface area contributed by atoms with Gasteiger partial charge in [0.1, 0.15) is 28.5 Å². The zero-order valence-electron chi connectivity index (χ0n) is 21.8. The van der Waals surface area contributed by atoms with Crippen LogP contribution in [0.25, 0.3) is 0 Å². The first-order chi connectivity index (χ1) is 18.9. The number of halogens is 6. The molecule has 16 heteroatoms. The molecule has 0 saturated heterocycles. The molecule has 1 atom stereocenters. The molecule has 0 aromatic heterocycles. The van der Waals surface area contributed by atoms with Gasteiger partial charge in [0.2, 0.25) is 15.9 Å². The normalized spacial score (nSPS) is 18.1. The summed E-state index contributed by atoms with van der Waals surface area (Å²) in [5, 5.41) is 28.4. The molecule has 0 unspecified atom stereocenters. The number of hydrogen-bond acceptors (Lipinski definition) is 7. The van der Waals surface area contributed by atoms with Crippen LogP contribution in [0, 0.1) is 11.2 Å². The molecule has 1 aliphatic rings. The molecule has 9 nitrogen and oxygen atoms in total. The molecule has 0 spiro atoms. The molecule has 0 amide bonds. The van der Waals surface area contributed by atoms with E-state index in [4.69, 9.17) is 4.74 Å². The van der Waals surface area contributed by atoms with Crippen LogP contribution in [0.2, 0.25) is 0 Å². The number of aliphatic carboxylic acids is 1. The number of alkyl halides is 5. The van der Waals surface area contributed by atoms with E-state index in [0.29, 0.717) is 19.1 Å². The number of likely N-dealkylation sites (N-methyl/N-ethyl adjacent to an activating group) is 1. The Balaban J connectivity index is 2.27. The lowest BCUT2D eigenvalue weighted by atomic mass is 9.91. The monoisotopic (exact) mass is 614 g/mol. The Morgan fingerprint density at radius 1 is 1.07 bits per heavy atom. The molecular weight excluding hydrogens is 586 g/mol. The third kappa shape index (κ3) is 6.88. The van der Waals surface area contributed by atoms with Gasteiger partial charge >= 0.3 is 12.1 Å². The SMILES string of the molecule is CN1[C@H](CCC(C)(F)F)CN(c2ccc(F)cc2)c2cc(C(F)(F)F)c(OCC(CO)(CO)C(=O)O)cc2S1(=O)=O. The number of nitrogens with zero attached hydrogens (tertiary/aromatic N) is 2.